The number of hydrogen-bond donors (Lipinski definition) is 1. The van der Waals surface area contributed by atoms with E-state index in [9.17, 15) is 14.7 Å². The maximum atomic E-state index is 13.9. The molecule has 0 radical (unpaired) electrons. The number of hydrogen-bond acceptors (Lipinski definition) is 3. The molecule has 36 heavy (non-hydrogen) atoms. The van der Waals surface area contributed by atoms with Crippen LogP contribution in [-0.4, -0.2) is 35.0 Å². The van der Waals surface area contributed by atoms with E-state index in [1.54, 1.807) is 24.1 Å². The quantitative estimate of drug-likeness (QED) is 0.346. The number of nitrogens with zero attached hydrogens (tertiary/aromatic N) is 1. The zero-order valence-corrected chi connectivity index (χ0v) is 20.0. The maximum absolute atomic E-state index is 13.9. The molecule has 1 aliphatic heterocycles. The van der Waals surface area contributed by atoms with Gasteiger partial charge in [0.25, 0.3) is 5.91 Å². The van der Waals surface area contributed by atoms with Crippen molar-refractivity contribution in [2.75, 3.05) is 7.11 Å². The minimum Gasteiger partial charge on any atom is -0.496 e. The van der Waals surface area contributed by atoms with Crippen molar-refractivity contribution in [2.45, 2.75) is 24.9 Å². The van der Waals surface area contributed by atoms with Crippen LogP contribution in [0.25, 0.3) is 22.3 Å². The number of methoxy groups -OCH3 is 1. The molecule has 5 heteroatoms. The second-order valence-corrected chi connectivity index (χ2v) is 8.89. The Morgan fingerprint density at radius 3 is 2.03 bits per heavy atom. The van der Waals surface area contributed by atoms with Crippen LogP contribution in [0.2, 0.25) is 0 Å². The third-order valence-electron chi connectivity index (χ3n) is 6.84. The molecule has 0 bridgehead atoms. The number of benzene rings is 4. The minimum absolute atomic E-state index is 0.314. The smallest absolute Gasteiger partial charge is 0.326 e. The second-order valence-electron chi connectivity index (χ2n) is 8.89. The highest BCUT2D eigenvalue weighted by molar-refractivity contribution is 5.98. The summed E-state index contributed by atoms with van der Waals surface area (Å²) < 4.78 is 5.63. The van der Waals surface area contributed by atoms with E-state index in [0.717, 1.165) is 27.8 Å². The fourth-order valence-electron chi connectivity index (χ4n) is 5.14. The van der Waals surface area contributed by atoms with E-state index in [1.807, 2.05) is 91.0 Å². The normalized spacial score (nSPS) is 17.1. The molecule has 0 unspecified atom stereocenters. The summed E-state index contributed by atoms with van der Waals surface area (Å²) in [6, 6.07) is 31.8. The van der Waals surface area contributed by atoms with Crippen molar-refractivity contribution in [1.29, 1.82) is 0 Å². The Morgan fingerprint density at radius 2 is 1.39 bits per heavy atom. The van der Waals surface area contributed by atoms with Gasteiger partial charge in [-0.2, -0.15) is 0 Å². The summed E-state index contributed by atoms with van der Waals surface area (Å²) in [5.74, 6) is -0.735. The summed E-state index contributed by atoms with van der Waals surface area (Å²) in [4.78, 5) is 27.7. The number of rotatable bonds is 6. The van der Waals surface area contributed by atoms with Crippen LogP contribution in [0.15, 0.2) is 103 Å². The van der Waals surface area contributed by atoms with Gasteiger partial charge in [0.05, 0.1) is 13.2 Å². The van der Waals surface area contributed by atoms with Crippen LogP contribution in [0.5, 0.6) is 5.75 Å². The summed E-state index contributed by atoms with van der Waals surface area (Å²) in [6.07, 6.45) is 0.972. The molecule has 1 heterocycles. The van der Waals surface area contributed by atoms with Crippen molar-refractivity contribution < 1.29 is 19.4 Å². The van der Waals surface area contributed by atoms with E-state index in [-0.39, 0.29) is 11.9 Å². The van der Waals surface area contributed by atoms with E-state index >= 15 is 0 Å². The summed E-state index contributed by atoms with van der Waals surface area (Å²) >= 11 is 0. The van der Waals surface area contributed by atoms with Gasteiger partial charge < -0.3 is 14.7 Å². The van der Waals surface area contributed by atoms with Gasteiger partial charge in [0.2, 0.25) is 0 Å². The lowest BCUT2D eigenvalue weighted by atomic mass is 9.93. The number of carboxylic acid groups (broad SMARTS) is 1. The molecule has 1 amide bonds. The number of carbonyl (C=O) groups is 2. The molecule has 4 aromatic carbocycles. The Balaban J connectivity index is 1.56. The first-order chi connectivity index (χ1) is 17.6. The molecule has 2 atom stereocenters. The first kappa shape index (κ1) is 23.4. The minimum atomic E-state index is -0.990. The van der Waals surface area contributed by atoms with Crippen LogP contribution >= 0.6 is 0 Å². The van der Waals surface area contributed by atoms with E-state index in [0.29, 0.717) is 24.2 Å². The molecule has 5 nitrogen and oxygen atoms in total. The van der Waals surface area contributed by atoms with E-state index < -0.39 is 12.0 Å². The average Bonchev–Trinajstić information content (AvgIpc) is 3.39. The molecule has 1 fully saturated rings. The highest BCUT2D eigenvalue weighted by Gasteiger charge is 2.42. The van der Waals surface area contributed by atoms with Crippen LogP contribution in [0.4, 0.5) is 0 Å². The molecule has 1 N–H and O–H groups in total. The fourth-order valence-corrected chi connectivity index (χ4v) is 5.14. The van der Waals surface area contributed by atoms with E-state index in [4.69, 9.17) is 4.74 Å². The van der Waals surface area contributed by atoms with Crippen LogP contribution < -0.4 is 4.74 Å². The molecule has 1 aliphatic rings. The number of carbonyl (C=O) groups excluding carboxylic acids is 1. The van der Waals surface area contributed by atoms with Gasteiger partial charge in [-0.1, -0.05) is 84.9 Å². The molecule has 0 spiro atoms. The third kappa shape index (κ3) is 4.36. The predicted octanol–water partition coefficient (Wildman–Crippen LogP) is 6.46. The lowest BCUT2D eigenvalue weighted by molar-refractivity contribution is -0.141. The van der Waals surface area contributed by atoms with Gasteiger partial charge >= 0.3 is 5.97 Å². The Bertz CT molecular complexity index is 1380. The summed E-state index contributed by atoms with van der Waals surface area (Å²) in [7, 11) is 1.57. The topological polar surface area (TPSA) is 66.8 Å². The summed E-state index contributed by atoms with van der Waals surface area (Å²) in [6.45, 7) is 0. The second kappa shape index (κ2) is 10.1. The third-order valence-corrected chi connectivity index (χ3v) is 6.84. The largest absolute Gasteiger partial charge is 0.496 e. The molecule has 180 valence electrons. The van der Waals surface area contributed by atoms with Gasteiger partial charge in [-0.3, -0.25) is 4.79 Å². The maximum Gasteiger partial charge on any atom is 0.326 e. The van der Waals surface area contributed by atoms with Gasteiger partial charge in [-0.25, -0.2) is 4.79 Å². The van der Waals surface area contributed by atoms with Gasteiger partial charge in [0, 0.05) is 11.1 Å². The van der Waals surface area contributed by atoms with Crippen molar-refractivity contribution >= 4 is 11.9 Å². The summed E-state index contributed by atoms with van der Waals surface area (Å²) in [5.41, 5.74) is 5.25. The zero-order chi connectivity index (χ0) is 25.1. The molecular formula is C31H27NO4. The Hall–Kier alpha value is -4.38. The first-order valence-corrected chi connectivity index (χ1v) is 12.0. The van der Waals surface area contributed by atoms with E-state index in [2.05, 4.69) is 0 Å². The van der Waals surface area contributed by atoms with E-state index in [1.165, 1.54) is 0 Å². The highest BCUT2D eigenvalue weighted by Crippen LogP contribution is 2.42. The van der Waals surface area contributed by atoms with Crippen molar-refractivity contribution in [2.24, 2.45) is 0 Å². The number of aliphatic carboxylic acids is 1. The fraction of sp³-hybridized carbons (Fsp3) is 0.161. The first-order valence-electron chi connectivity index (χ1n) is 12.0. The number of likely N-dealkylation sites (tertiary alicyclic amines) is 1. The van der Waals surface area contributed by atoms with Crippen molar-refractivity contribution in [3.05, 3.63) is 114 Å². The van der Waals surface area contributed by atoms with Gasteiger partial charge in [-0.15, -0.1) is 0 Å². The molecule has 1 saturated heterocycles. The van der Waals surface area contributed by atoms with Crippen LogP contribution in [0, 0.1) is 0 Å². The molecule has 0 saturated carbocycles. The van der Waals surface area contributed by atoms with Crippen LogP contribution in [0.1, 0.15) is 34.8 Å². The lowest BCUT2D eigenvalue weighted by Gasteiger charge is -2.30. The van der Waals surface area contributed by atoms with Crippen molar-refractivity contribution in [1.82, 2.24) is 4.90 Å². The van der Waals surface area contributed by atoms with Crippen LogP contribution in [-0.2, 0) is 4.79 Å². The SMILES string of the molecule is COc1cc(C(=O)N2[C@@H](c3ccccc3-c3ccccc3)CC[C@H]2C(=O)O)ccc1-c1ccccc1. The Kier molecular flexibility index (Phi) is 6.54. The Morgan fingerprint density at radius 1 is 0.778 bits per heavy atom. The van der Waals surface area contributed by atoms with Gasteiger partial charge in [0.1, 0.15) is 11.8 Å². The molecule has 0 aromatic heterocycles. The number of ether oxygens (including phenoxy) is 1. The Labute approximate surface area is 210 Å². The van der Waals surface area contributed by atoms with Crippen molar-refractivity contribution in [3.8, 4) is 28.0 Å². The molecule has 0 aliphatic carbocycles. The van der Waals surface area contributed by atoms with Gasteiger partial charge in [0.15, 0.2) is 0 Å². The molecular weight excluding hydrogens is 450 g/mol. The van der Waals surface area contributed by atoms with Crippen molar-refractivity contribution in [3.63, 3.8) is 0 Å². The number of amides is 1. The standard InChI is InChI=1S/C31H27NO4/c1-36-29-20-23(16-17-25(29)22-12-6-3-7-13-22)30(33)32-27(18-19-28(32)31(34)35)26-15-9-8-14-24(26)21-10-4-2-5-11-21/h2-17,20,27-28H,18-19H2,1H3,(H,34,35)/t27-,28+/m1/s1. The average molecular weight is 478 g/mol. The lowest BCUT2D eigenvalue weighted by Crippen LogP contribution is -2.42. The zero-order valence-electron chi connectivity index (χ0n) is 20.0. The predicted molar refractivity (Wildman–Crippen MR) is 140 cm³/mol. The molecule has 4 aromatic rings. The summed E-state index contributed by atoms with van der Waals surface area (Å²) in [5, 5.41) is 10.0. The number of carboxylic acids is 1. The molecule has 5 rings (SSSR count). The van der Waals surface area contributed by atoms with Gasteiger partial charge in [-0.05, 0) is 53.3 Å². The monoisotopic (exact) mass is 477 g/mol. The van der Waals surface area contributed by atoms with Crippen LogP contribution in [0.3, 0.4) is 0 Å². The highest BCUT2D eigenvalue weighted by atomic mass is 16.5.